The van der Waals surface area contributed by atoms with E-state index >= 15 is 0 Å². The number of carboxylic acids is 1. The maximum atomic E-state index is 12.2. The summed E-state index contributed by atoms with van der Waals surface area (Å²) in [6, 6.07) is 0. The molecule has 0 aromatic carbocycles. The second-order valence-corrected chi connectivity index (χ2v) is 6.31. The Morgan fingerprint density at radius 2 is 1.82 bits per heavy atom. The van der Waals surface area contributed by atoms with Crippen molar-refractivity contribution in [2.24, 2.45) is 0 Å². The zero-order chi connectivity index (χ0) is 13.3. The standard InChI is InChI=1S/C9H18N2O5S/c1-9(2,8(12)13)10(3)17(14,15)11-4-6-16-7-5-11/h4-7H2,1-3H3,(H,12,13). The Bertz CT molecular complexity index is 386. The van der Waals surface area contributed by atoms with Crippen LogP contribution < -0.4 is 0 Å². The summed E-state index contributed by atoms with van der Waals surface area (Å²) >= 11 is 0. The molecular formula is C9H18N2O5S. The van der Waals surface area contributed by atoms with E-state index in [1.807, 2.05) is 0 Å². The van der Waals surface area contributed by atoms with Gasteiger partial charge in [0.1, 0.15) is 5.54 Å². The van der Waals surface area contributed by atoms with Crippen molar-refractivity contribution in [1.82, 2.24) is 8.61 Å². The first-order chi connectivity index (χ1) is 7.70. The fourth-order valence-corrected chi connectivity index (χ4v) is 2.99. The smallest absolute Gasteiger partial charge is 0.324 e. The molecule has 1 saturated heterocycles. The van der Waals surface area contributed by atoms with Gasteiger partial charge in [0.25, 0.3) is 10.2 Å². The van der Waals surface area contributed by atoms with E-state index in [9.17, 15) is 13.2 Å². The minimum atomic E-state index is -3.76. The first kappa shape index (κ1) is 14.4. The van der Waals surface area contributed by atoms with Gasteiger partial charge < -0.3 is 9.84 Å². The van der Waals surface area contributed by atoms with E-state index in [4.69, 9.17) is 9.84 Å². The molecule has 0 atom stereocenters. The number of carboxylic acid groups (broad SMARTS) is 1. The van der Waals surface area contributed by atoms with Gasteiger partial charge in [-0.2, -0.15) is 17.0 Å². The number of hydrogen-bond acceptors (Lipinski definition) is 4. The minimum absolute atomic E-state index is 0.252. The maximum absolute atomic E-state index is 12.2. The lowest BCUT2D eigenvalue weighted by Crippen LogP contribution is -2.56. The molecule has 1 N–H and O–H groups in total. The predicted octanol–water partition coefficient (Wildman–Crippen LogP) is -0.642. The van der Waals surface area contributed by atoms with E-state index in [1.165, 1.54) is 25.2 Å². The van der Waals surface area contributed by atoms with E-state index in [2.05, 4.69) is 0 Å². The van der Waals surface area contributed by atoms with Crippen molar-refractivity contribution in [3.8, 4) is 0 Å². The topological polar surface area (TPSA) is 87.2 Å². The lowest BCUT2D eigenvalue weighted by Gasteiger charge is -2.36. The van der Waals surface area contributed by atoms with Crippen LogP contribution in [0.2, 0.25) is 0 Å². The molecule has 100 valence electrons. The minimum Gasteiger partial charge on any atom is -0.480 e. The van der Waals surface area contributed by atoms with Crippen LogP contribution in [0.5, 0.6) is 0 Å². The molecule has 0 spiro atoms. The Balaban J connectivity index is 2.93. The lowest BCUT2D eigenvalue weighted by molar-refractivity contribution is -0.146. The third-order valence-electron chi connectivity index (χ3n) is 2.95. The van der Waals surface area contributed by atoms with Gasteiger partial charge in [-0.15, -0.1) is 0 Å². The number of ether oxygens (including phenoxy) is 1. The molecule has 1 rings (SSSR count). The summed E-state index contributed by atoms with van der Waals surface area (Å²) in [7, 11) is -2.48. The van der Waals surface area contributed by atoms with Gasteiger partial charge in [0.2, 0.25) is 0 Å². The van der Waals surface area contributed by atoms with Crippen molar-refractivity contribution in [1.29, 1.82) is 0 Å². The quantitative estimate of drug-likeness (QED) is 0.731. The normalized spacial score (nSPS) is 19.5. The highest BCUT2D eigenvalue weighted by Crippen LogP contribution is 2.20. The summed E-state index contributed by atoms with van der Waals surface area (Å²) in [5.41, 5.74) is -1.48. The van der Waals surface area contributed by atoms with Crippen LogP contribution in [0.25, 0.3) is 0 Å². The highest BCUT2D eigenvalue weighted by molar-refractivity contribution is 7.86. The van der Waals surface area contributed by atoms with E-state index in [-0.39, 0.29) is 13.1 Å². The van der Waals surface area contributed by atoms with Crippen molar-refractivity contribution in [2.45, 2.75) is 19.4 Å². The number of morpholine rings is 1. The summed E-state index contributed by atoms with van der Waals surface area (Å²) in [6.45, 7) is 3.88. The molecule has 1 heterocycles. The third-order valence-corrected chi connectivity index (χ3v) is 5.12. The molecule has 8 heteroatoms. The molecule has 0 unspecified atom stereocenters. The summed E-state index contributed by atoms with van der Waals surface area (Å²) in [5.74, 6) is -1.18. The number of carbonyl (C=O) groups is 1. The summed E-state index contributed by atoms with van der Waals surface area (Å²) in [5, 5.41) is 9.02. The summed E-state index contributed by atoms with van der Waals surface area (Å²) in [4.78, 5) is 11.0. The Labute approximate surface area is 101 Å². The van der Waals surface area contributed by atoms with Crippen molar-refractivity contribution in [2.75, 3.05) is 33.4 Å². The van der Waals surface area contributed by atoms with Crippen LogP contribution in [0.4, 0.5) is 0 Å². The van der Waals surface area contributed by atoms with Gasteiger partial charge in [-0.1, -0.05) is 0 Å². The molecule has 1 aliphatic rings. The Morgan fingerprint density at radius 1 is 1.35 bits per heavy atom. The molecule has 1 aliphatic heterocycles. The Kier molecular flexibility index (Phi) is 4.13. The molecule has 7 nitrogen and oxygen atoms in total. The first-order valence-electron chi connectivity index (χ1n) is 5.26. The Morgan fingerprint density at radius 3 is 2.24 bits per heavy atom. The highest BCUT2D eigenvalue weighted by atomic mass is 32.2. The molecule has 0 bridgehead atoms. The summed E-state index contributed by atoms with van der Waals surface area (Å²) in [6.07, 6.45) is 0. The van der Waals surface area contributed by atoms with Crippen LogP contribution in [-0.4, -0.2) is 67.0 Å². The fourth-order valence-electron chi connectivity index (χ4n) is 1.37. The fraction of sp³-hybridized carbons (Fsp3) is 0.889. The van der Waals surface area contributed by atoms with Gasteiger partial charge in [0.05, 0.1) is 13.2 Å². The second kappa shape index (κ2) is 4.89. The van der Waals surface area contributed by atoms with Gasteiger partial charge >= 0.3 is 5.97 Å². The molecule has 0 aromatic heterocycles. The maximum Gasteiger partial charge on any atom is 0.324 e. The lowest BCUT2D eigenvalue weighted by atomic mass is 10.1. The molecule has 0 aromatic rings. The zero-order valence-corrected chi connectivity index (χ0v) is 11.0. The van der Waals surface area contributed by atoms with Crippen molar-refractivity contribution in [3.63, 3.8) is 0 Å². The van der Waals surface area contributed by atoms with E-state index in [0.29, 0.717) is 13.2 Å². The van der Waals surface area contributed by atoms with Crippen molar-refractivity contribution < 1.29 is 23.1 Å². The molecular weight excluding hydrogens is 248 g/mol. The van der Waals surface area contributed by atoms with Gasteiger partial charge in [-0.25, -0.2) is 0 Å². The largest absolute Gasteiger partial charge is 0.480 e. The molecule has 17 heavy (non-hydrogen) atoms. The van der Waals surface area contributed by atoms with E-state index in [1.54, 1.807) is 0 Å². The van der Waals surface area contributed by atoms with Gasteiger partial charge in [-0.05, 0) is 13.8 Å². The highest BCUT2D eigenvalue weighted by Gasteiger charge is 2.42. The third kappa shape index (κ3) is 2.76. The van der Waals surface area contributed by atoms with Crippen LogP contribution in [0.15, 0.2) is 0 Å². The molecule has 1 fully saturated rings. The van der Waals surface area contributed by atoms with Gasteiger partial charge in [0.15, 0.2) is 0 Å². The van der Waals surface area contributed by atoms with Crippen LogP contribution in [0.3, 0.4) is 0 Å². The average molecular weight is 266 g/mol. The molecule has 0 amide bonds. The van der Waals surface area contributed by atoms with Crippen molar-refractivity contribution in [3.05, 3.63) is 0 Å². The monoisotopic (exact) mass is 266 g/mol. The van der Waals surface area contributed by atoms with Crippen LogP contribution >= 0.6 is 0 Å². The number of likely N-dealkylation sites (N-methyl/N-ethyl adjacent to an activating group) is 1. The predicted molar refractivity (Wildman–Crippen MR) is 60.8 cm³/mol. The van der Waals surface area contributed by atoms with E-state index in [0.717, 1.165) is 4.31 Å². The van der Waals surface area contributed by atoms with Crippen LogP contribution in [0, 0.1) is 0 Å². The SMILES string of the molecule is CN(C(C)(C)C(=O)O)S(=O)(=O)N1CCOCC1. The number of hydrogen-bond donors (Lipinski definition) is 1. The van der Waals surface area contributed by atoms with Gasteiger partial charge in [-0.3, -0.25) is 4.79 Å². The summed E-state index contributed by atoms with van der Waals surface area (Å²) < 4.78 is 31.5. The average Bonchev–Trinajstić information content (AvgIpc) is 2.29. The number of aliphatic carboxylic acids is 1. The second-order valence-electron chi connectivity index (χ2n) is 4.35. The van der Waals surface area contributed by atoms with Crippen LogP contribution in [-0.2, 0) is 19.7 Å². The van der Waals surface area contributed by atoms with Crippen LogP contribution in [0.1, 0.15) is 13.8 Å². The molecule has 0 saturated carbocycles. The van der Waals surface area contributed by atoms with Gasteiger partial charge in [0, 0.05) is 20.1 Å². The molecule has 0 radical (unpaired) electrons. The van der Waals surface area contributed by atoms with Crippen molar-refractivity contribution >= 4 is 16.2 Å². The van der Waals surface area contributed by atoms with E-state index < -0.39 is 21.7 Å². The first-order valence-corrected chi connectivity index (χ1v) is 6.65. The number of rotatable bonds is 4. The zero-order valence-electron chi connectivity index (χ0n) is 10.2. The Hall–Kier alpha value is -0.700. The molecule has 0 aliphatic carbocycles. The number of nitrogens with zero attached hydrogens (tertiary/aromatic N) is 2.